The molecule has 2 heterocycles. The molecule has 3 rings (SSSR count). The third-order valence-corrected chi connectivity index (χ3v) is 2.53. The van der Waals surface area contributed by atoms with Crippen LogP contribution in [0, 0.1) is 6.92 Å². The molecule has 1 aromatic carbocycles. The summed E-state index contributed by atoms with van der Waals surface area (Å²) in [5.74, 6) is -0.996. The average Bonchev–Trinajstić information content (AvgIpc) is 2.93. The summed E-state index contributed by atoms with van der Waals surface area (Å²) in [5, 5.41) is 13.0. The summed E-state index contributed by atoms with van der Waals surface area (Å²) in [4.78, 5) is 15.1. The Labute approximate surface area is 101 Å². The monoisotopic (exact) mass is 243 g/mol. The van der Waals surface area contributed by atoms with Crippen molar-refractivity contribution in [2.45, 2.75) is 6.92 Å². The average molecular weight is 243 g/mol. The van der Waals surface area contributed by atoms with Crippen molar-refractivity contribution in [3.05, 3.63) is 41.7 Å². The largest absolute Gasteiger partial charge is 0.478 e. The van der Waals surface area contributed by atoms with Gasteiger partial charge in [0.25, 0.3) is 0 Å². The van der Waals surface area contributed by atoms with Gasteiger partial charge >= 0.3 is 12.0 Å². The number of aryl methyl sites for hydroxylation is 1. The van der Waals surface area contributed by atoms with E-state index in [1.54, 1.807) is 18.5 Å². The second-order valence-electron chi connectivity index (χ2n) is 3.95. The summed E-state index contributed by atoms with van der Waals surface area (Å²) in [7, 11) is 0. The second-order valence-corrected chi connectivity index (χ2v) is 3.95. The van der Waals surface area contributed by atoms with Gasteiger partial charge in [0.1, 0.15) is 5.52 Å². The maximum Gasteiger partial charge on any atom is 0.335 e. The van der Waals surface area contributed by atoms with E-state index >= 15 is 0 Å². The van der Waals surface area contributed by atoms with Crippen LogP contribution in [0.3, 0.4) is 0 Å². The predicted molar refractivity (Wildman–Crippen MR) is 62.8 cm³/mol. The molecular formula is C12H9N3O3. The topological polar surface area (TPSA) is 81.2 Å². The molecule has 0 amide bonds. The highest BCUT2D eigenvalue weighted by Crippen LogP contribution is 2.19. The van der Waals surface area contributed by atoms with E-state index in [0.717, 1.165) is 5.56 Å². The highest BCUT2D eigenvalue weighted by atomic mass is 16.4. The molecule has 0 saturated carbocycles. The maximum absolute atomic E-state index is 10.8. The van der Waals surface area contributed by atoms with Crippen molar-refractivity contribution in [1.29, 1.82) is 0 Å². The lowest BCUT2D eigenvalue weighted by atomic mass is 10.2. The molecule has 0 aliphatic heterocycles. The zero-order valence-corrected chi connectivity index (χ0v) is 9.49. The van der Waals surface area contributed by atoms with Gasteiger partial charge in [0.05, 0.1) is 11.8 Å². The maximum atomic E-state index is 10.8. The van der Waals surface area contributed by atoms with Crippen molar-refractivity contribution in [2.75, 3.05) is 0 Å². The van der Waals surface area contributed by atoms with Crippen LogP contribution >= 0.6 is 0 Å². The number of rotatable bonds is 2. The first kappa shape index (κ1) is 10.5. The summed E-state index contributed by atoms with van der Waals surface area (Å²) in [5.41, 5.74) is 2.19. The van der Waals surface area contributed by atoms with Crippen LogP contribution in [0.2, 0.25) is 0 Å². The summed E-state index contributed by atoms with van der Waals surface area (Å²) in [6, 6.07) is 4.87. The van der Waals surface area contributed by atoms with E-state index in [1.807, 2.05) is 6.92 Å². The number of hydrogen-bond acceptors (Lipinski definition) is 4. The highest BCUT2D eigenvalue weighted by Gasteiger charge is 2.11. The van der Waals surface area contributed by atoms with Gasteiger partial charge in [-0.05, 0) is 30.7 Å². The van der Waals surface area contributed by atoms with E-state index in [2.05, 4.69) is 10.1 Å². The first-order chi connectivity index (χ1) is 8.63. The second kappa shape index (κ2) is 3.69. The van der Waals surface area contributed by atoms with Gasteiger partial charge in [0.15, 0.2) is 5.58 Å². The zero-order valence-electron chi connectivity index (χ0n) is 9.49. The minimum atomic E-state index is -0.996. The van der Waals surface area contributed by atoms with E-state index in [-0.39, 0.29) is 5.56 Å². The number of aromatic nitrogens is 3. The van der Waals surface area contributed by atoms with Crippen LogP contribution in [-0.4, -0.2) is 25.8 Å². The molecular weight excluding hydrogens is 234 g/mol. The van der Waals surface area contributed by atoms with E-state index in [9.17, 15) is 4.79 Å². The van der Waals surface area contributed by atoms with Crippen LogP contribution < -0.4 is 0 Å². The molecule has 90 valence electrons. The first-order valence-electron chi connectivity index (χ1n) is 5.29. The minimum Gasteiger partial charge on any atom is -0.478 e. The standard InChI is InChI=1S/C12H9N3O3/c1-7-5-13-15(6-7)12-14-9-3-2-8(11(16)17)4-10(9)18-12/h2-6H,1H3,(H,16,17). The van der Waals surface area contributed by atoms with Crippen LogP contribution in [0.4, 0.5) is 0 Å². The molecule has 0 fully saturated rings. The van der Waals surface area contributed by atoms with Crippen molar-refractivity contribution in [3.8, 4) is 6.01 Å². The number of hydrogen-bond donors (Lipinski definition) is 1. The third kappa shape index (κ3) is 1.64. The number of carboxylic acids is 1. The Kier molecular flexibility index (Phi) is 2.16. The van der Waals surface area contributed by atoms with Crippen molar-refractivity contribution in [2.24, 2.45) is 0 Å². The van der Waals surface area contributed by atoms with Gasteiger partial charge in [0, 0.05) is 6.20 Å². The number of carboxylic acid groups (broad SMARTS) is 1. The SMILES string of the molecule is Cc1cnn(-c2nc3ccc(C(=O)O)cc3o2)c1. The van der Waals surface area contributed by atoms with E-state index < -0.39 is 5.97 Å². The molecule has 0 bridgehead atoms. The molecule has 0 aliphatic carbocycles. The lowest BCUT2D eigenvalue weighted by molar-refractivity contribution is 0.0697. The van der Waals surface area contributed by atoms with Gasteiger partial charge < -0.3 is 9.52 Å². The molecule has 2 aromatic heterocycles. The van der Waals surface area contributed by atoms with Gasteiger partial charge in [0.2, 0.25) is 0 Å². The minimum absolute atomic E-state index is 0.168. The van der Waals surface area contributed by atoms with E-state index in [1.165, 1.54) is 16.8 Å². The first-order valence-corrected chi connectivity index (χ1v) is 5.29. The predicted octanol–water partition coefficient (Wildman–Crippen LogP) is 2.02. The molecule has 0 unspecified atom stereocenters. The Hall–Kier alpha value is -2.63. The smallest absolute Gasteiger partial charge is 0.335 e. The third-order valence-electron chi connectivity index (χ3n) is 2.53. The van der Waals surface area contributed by atoms with Crippen molar-refractivity contribution in [3.63, 3.8) is 0 Å². The Morgan fingerprint density at radius 2 is 2.28 bits per heavy atom. The van der Waals surface area contributed by atoms with Gasteiger partial charge in [-0.1, -0.05) is 0 Å². The van der Waals surface area contributed by atoms with Crippen LogP contribution in [0.5, 0.6) is 0 Å². The molecule has 6 nitrogen and oxygen atoms in total. The van der Waals surface area contributed by atoms with Gasteiger partial charge in [-0.3, -0.25) is 0 Å². The fourth-order valence-electron chi connectivity index (χ4n) is 1.66. The Morgan fingerprint density at radius 1 is 1.44 bits per heavy atom. The lowest BCUT2D eigenvalue weighted by Crippen LogP contribution is -1.94. The normalized spacial score (nSPS) is 10.9. The van der Waals surface area contributed by atoms with E-state index in [4.69, 9.17) is 9.52 Å². The fourth-order valence-corrected chi connectivity index (χ4v) is 1.66. The molecule has 1 N–H and O–H groups in total. The van der Waals surface area contributed by atoms with Crippen LogP contribution in [0.25, 0.3) is 17.1 Å². The van der Waals surface area contributed by atoms with Gasteiger partial charge in [-0.15, -0.1) is 0 Å². The summed E-state index contributed by atoms with van der Waals surface area (Å²) in [6.45, 7) is 1.91. The van der Waals surface area contributed by atoms with Crippen LogP contribution in [-0.2, 0) is 0 Å². The molecule has 0 aliphatic rings. The number of oxazole rings is 1. The van der Waals surface area contributed by atoms with Crippen molar-refractivity contribution < 1.29 is 14.3 Å². The van der Waals surface area contributed by atoms with Crippen LogP contribution in [0.15, 0.2) is 35.0 Å². The highest BCUT2D eigenvalue weighted by molar-refractivity contribution is 5.91. The van der Waals surface area contributed by atoms with Crippen molar-refractivity contribution >= 4 is 17.1 Å². The van der Waals surface area contributed by atoms with Gasteiger partial charge in [-0.2, -0.15) is 14.8 Å². The summed E-state index contributed by atoms with van der Waals surface area (Å²) in [6.07, 6.45) is 3.47. The number of benzene rings is 1. The molecule has 0 atom stereocenters. The molecule has 6 heteroatoms. The Balaban J connectivity index is 2.13. The quantitative estimate of drug-likeness (QED) is 0.744. The molecule has 0 radical (unpaired) electrons. The van der Waals surface area contributed by atoms with Crippen LogP contribution in [0.1, 0.15) is 15.9 Å². The number of fused-ring (bicyclic) bond motifs is 1. The molecule has 3 aromatic rings. The zero-order chi connectivity index (χ0) is 12.7. The molecule has 0 spiro atoms. The van der Waals surface area contributed by atoms with Crippen molar-refractivity contribution in [1.82, 2.24) is 14.8 Å². The summed E-state index contributed by atoms with van der Waals surface area (Å²) >= 11 is 0. The molecule has 18 heavy (non-hydrogen) atoms. The number of carbonyl (C=O) groups is 1. The summed E-state index contributed by atoms with van der Waals surface area (Å²) < 4.78 is 6.99. The lowest BCUT2D eigenvalue weighted by Gasteiger charge is -1.91. The van der Waals surface area contributed by atoms with E-state index in [0.29, 0.717) is 17.1 Å². The fraction of sp³-hybridized carbons (Fsp3) is 0.0833. The Bertz CT molecular complexity index is 742. The molecule has 0 saturated heterocycles. The Morgan fingerprint density at radius 3 is 2.94 bits per heavy atom. The van der Waals surface area contributed by atoms with Gasteiger partial charge in [-0.25, -0.2) is 4.79 Å². The number of aromatic carboxylic acids is 1. The number of nitrogens with zero attached hydrogens (tertiary/aromatic N) is 3.